The monoisotopic (exact) mass is 437 g/mol. The second kappa shape index (κ2) is 9.72. The molecule has 1 aliphatic heterocycles. The van der Waals surface area contributed by atoms with Gasteiger partial charge in [-0.05, 0) is 51.0 Å². The van der Waals surface area contributed by atoms with Crippen LogP contribution in [-0.4, -0.2) is 42.3 Å². The first-order chi connectivity index (χ1) is 15.5. The van der Waals surface area contributed by atoms with E-state index in [1.165, 1.54) is 11.8 Å². The number of hydrogen-bond acceptors (Lipinski definition) is 5. The summed E-state index contributed by atoms with van der Waals surface area (Å²) in [6, 6.07) is 10.2. The summed E-state index contributed by atoms with van der Waals surface area (Å²) in [6.45, 7) is 3.00. The number of carbonyl (C=O) groups is 3. The second-order valence-corrected chi connectivity index (χ2v) is 8.89. The van der Waals surface area contributed by atoms with Gasteiger partial charge in [0, 0.05) is 25.9 Å². The van der Waals surface area contributed by atoms with Crippen molar-refractivity contribution in [3.63, 3.8) is 0 Å². The van der Waals surface area contributed by atoms with Crippen LogP contribution in [0.3, 0.4) is 0 Å². The van der Waals surface area contributed by atoms with Crippen LogP contribution < -0.4 is 0 Å². The molecule has 1 aromatic heterocycles. The Labute approximate surface area is 188 Å². The molecule has 2 aliphatic rings. The Morgan fingerprint density at radius 1 is 1.16 bits per heavy atom. The van der Waals surface area contributed by atoms with E-state index in [-0.39, 0.29) is 17.7 Å². The van der Waals surface area contributed by atoms with Crippen molar-refractivity contribution in [3.05, 3.63) is 59.0 Å². The fourth-order valence-electron chi connectivity index (χ4n) is 5.09. The molecular weight excluding hydrogens is 406 g/mol. The summed E-state index contributed by atoms with van der Waals surface area (Å²) in [7, 11) is 0. The lowest BCUT2D eigenvalue weighted by Gasteiger charge is -2.41. The third-order valence-corrected chi connectivity index (χ3v) is 6.72. The molecule has 1 fully saturated rings. The number of esters is 1. The third kappa shape index (κ3) is 4.50. The minimum absolute atomic E-state index is 0.0279. The summed E-state index contributed by atoms with van der Waals surface area (Å²) in [5, 5.41) is 0. The molecule has 6 heteroatoms. The zero-order valence-electron chi connectivity index (χ0n) is 18.7. The Kier molecular flexibility index (Phi) is 6.77. The van der Waals surface area contributed by atoms with Crippen LogP contribution in [0, 0.1) is 5.41 Å². The molecule has 1 atom stereocenters. The number of Topliss-reactive ketones (excluding diaryl/α,β-unsaturated/α-hetero) is 1. The van der Waals surface area contributed by atoms with Crippen molar-refractivity contribution in [1.82, 2.24) is 4.90 Å². The van der Waals surface area contributed by atoms with Crippen molar-refractivity contribution in [2.24, 2.45) is 5.41 Å². The Bertz CT molecular complexity index is 979. The van der Waals surface area contributed by atoms with Gasteiger partial charge in [-0.3, -0.25) is 14.4 Å². The SMILES string of the molecule is CCOC(=O)[C@@]1(CCCc2ccccc2)CCCN(C(=O)c2coc3c2C(=O)CCC3)C1. The maximum atomic E-state index is 13.4. The van der Waals surface area contributed by atoms with Gasteiger partial charge in [0.2, 0.25) is 0 Å². The van der Waals surface area contributed by atoms with E-state index >= 15 is 0 Å². The van der Waals surface area contributed by atoms with Crippen LogP contribution >= 0.6 is 0 Å². The minimum atomic E-state index is -0.716. The van der Waals surface area contributed by atoms with Crippen LogP contribution in [0.4, 0.5) is 0 Å². The van der Waals surface area contributed by atoms with E-state index in [1.807, 2.05) is 25.1 Å². The Morgan fingerprint density at radius 2 is 1.97 bits per heavy atom. The minimum Gasteiger partial charge on any atom is -0.468 e. The molecule has 2 heterocycles. The first-order valence-corrected chi connectivity index (χ1v) is 11.7. The molecule has 0 N–H and O–H groups in total. The van der Waals surface area contributed by atoms with E-state index in [0.29, 0.717) is 62.3 Å². The molecular formula is C26H31NO5. The summed E-state index contributed by atoms with van der Waals surface area (Å²) < 4.78 is 11.0. The Balaban J connectivity index is 1.52. The molecule has 1 amide bonds. The summed E-state index contributed by atoms with van der Waals surface area (Å²) in [5.41, 5.74) is 1.30. The van der Waals surface area contributed by atoms with Gasteiger partial charge < -0.3 is 14.1 Å². The predicted octanol–water partition coefficient (Wildman–Crippen LogP) is 4.61. The van der Waals surface area contributed by atoms with E-state index in [1.54, 1.807) is 4.90 Å². The van der Waals surface area contributed by atoms with Crippen molar-refractivity contribution in [2.45, 2.75) is 58.3 Å². The highest BCUT2D eigenvalue weighted by Crippen LogP contribution is 2.38. The number of amides is 1. The van der Waals surface area contributed by atoms with Gasteiger partial charge in [0.15, 0.2) is 5.78 Å². The summed E-state index contributed by atoms with van der Waals surface area (Å²) in [5.74, 6) is 0.138. The van der Waals surface area contributed by atoms with Gasteiger partial charge in [-0.1, -0.05) is 30.3 Å². The Morgan fingerprint density at radius 3 is 2.75 bits per heavy atom. The fraction of sp³-hybridized carbons (Fsp3) is 0.500. The van der Waals surface area contributed by atoms with Crippen molar-refractivity contribution >= 4 is 17.7 Å². The average molecular weight is 438 g/mol. The third-order valence-electron chi connectivity index (χ3n) is 6.72. The zero-order valence-corrected chi connectivity index (χ0v) is 18.7. The van der Waals surface area contributed by atoms with Gasteiger partial charge in [-0.2, -0.15) is 0 Å². The number of ketones is 1. The molecule has 6 nitrogen and oxygen atoms in total. The van der Waals surface area contributed by atoms with Crippen LogP contribution in [-0.2, 0) is 22.4 Å². The number of nitrogens with zero attached hydrogens (tertiary/aromatic N) is 1. The van der Waals surface area contributed by atoms with E-state index in [4.69, 9.17) is 9.15 Å². The molecule has 1 saturated heterocycles. The number of hydrogen-bond donors (Lipinski definition) is 0. The number of benzene rings is 1. The number of furan rings is 1. The van der Waals surface area contributed by atoms with Crippen molar-refractivity contribution in [3.8, 4) is 0 Å². The summed E-state index contributed by atoms with van der Waals surface area (Å²) in [6.07, 6.45) is 7.10. The number of likely N-dealkylation sites (tertiary alicyclic amines) is 1. The van der Waals surface area contributed by atoms with Crippen LogP contribution in [0.15, 0.2) is 41.0 Å². The van der Waals surface area contributed by atoms with Crippen LogP contribution in [0.5, 0.6) is 0 Å². The largest absolute Gasteiger partial charge is 0.468 e. The Hall–Kier alpha value is -2.89. The molecule has 0 radical (unpaired) electrons. The van der Waals surface area contributed by atoms with Gasteiger partial charge in [0.05, 0.1) is 23.1 Å². The predicted molar refractivity (Wildman–Crippen MR) is 120 cm³/mol. The standard InChI is InChI=1S/C26H31NO5/c1-2-31-25(30)26(14-7-11-19-9-4-3-5-10-19)15-8-16-27(18-26)24(29)20-17-32-22-13-6-12-21(28)23(20)22/h3-5,9-10,17H,2,6-8,11-16,18H2,1H3/t26-/m0/s1. The first kappa shape index (κ1) is 22.3. The molecule has 0 unspecified atom stereocenters. The smallest absolute Gasteiger partial charge is 0.313 e. The van der Waals surface area contributed by atoms with Crippen LogP contribution in [0.1, 0.15) is 77.5 Å². The van der Waals surface area contributed by atoms with Gasteiger partial charge >= 0.3 is 5.97 Å². The average Bonchev–Trinajstić information content (AvgIpc) is 3.25. The highest BCUT2D eigenvalue weighted by atomic mass is 16.5. The molecule has 2 aromatic rings. The zero-order chi connectivity index (χ0) is 22.6. The maximum absolute atomic E-state index is 13.4. The molecule has 170 valence electrons. The molecule has 0 saturated carbocycles. The highest BCUT2D eigenvalue weighted by Gasteiger charge is 2.45. The molecule has 1 aromatic carbocycles. The van der Waals surface area contributed by atoms with E-state index in [0.717, 1.165) is 25.7 Å². The lowest BCUT2D eigenvalue weighted by molar-refractivity contribution is -0.159. The lowest BCUT2D eigenvalue weighted by atomic mass is 9.75. The number of rotatable bonds is 7. The summed E-state index contributed by atoms with van der Waals surface area (Å²) >= 11 is 0. The van der Waals surface area contributed by atoms with Crippen LogP contribution in [0.25, 0.3) is 0 Å². The molecule has 1 aliphatic carbocycles. The van der Waals surface area contributed by atoms with Crippen molar-refractivity contribution in [1.29, 1.82) is 0 Å². The maximum Gasteiger partial charge on any atom is 0.313 e. The number of ether oxygens (including phenoxy) is 1. The molecule has 0 bridgehead atoms. The number of piperidine rings is 1. The van der Waals surface area contributed by atoms with Gasteiger partial charge in [-0.15, -0.1) is 0 Å². The molecule has 0 spiro atoms. The molecule has 4 rings (SSSR count). The van der Waals surface area contributed by atoms with Crippen molar-refractivity contribution in [2.75, 3.05) is 19.7 Å². The fourth-order valence-corrected chi connectivity index (χ4v) is 5.09. The highest BCUT2D eigenvalue weighted by molar-refractivity contribution is 6.09. The van der Waals surface area contributed by atoms with Gasteiger partial charge in [0.25, 0.3) is 5.91 Å². The summed E-state index contributed by atoms with van der Waals surface area (Å²) in [4.78, 5) is 40.6. The first-order valence-electron chi connectivity index (χ1n) is 11.7. The van der Waals surface area contributed by atoms with Gasteiger partial charge in [-0.25, -0.2) is 0 Å². The lowest BCUT2D eigenvalue weighted by Crippen LogP contribution is -2.50. The van der Waals surface area contributed by atoms with E-state index in [2.05, 4.69) is 12.1 Å². The van der Waals surface area contributed by atoms with Gasteiger partial charge in [0.1, 0.15) is 12.0 Å². The topological polar surface area (TPSA) is 76.8 Å². The van der Waals surface area contributed by atoms with Crippen molar-refractivity contribution < 1.29 is 23.5 Å². The molecule has 32 heavy (non-hydrogen) atoms. The normalized spacial score (nSPS) is 20.7. The number of aryl methyl sites for hydroxylation is 2. The number of carbonyl (C=O) groups excluding carboxylic acids is 3. The van der Waals surface area contributed by atoms with Crippen LogP contribution in [0.2, 0.25) is 0 Å². The number of fused-ring (bicyclic) bond motifs is 1. The van der Waals surface area contributed by atoms with E-state index in [9.17, 15) is 14.4 Å². The quantitative estimate of drug-likeness (QED) is 0.592. The van der Waals surface area contributed by atoms with E-state index < -0.39 is 5.41 Å². The second-order valence-electron chi connectivity index (χ2n) is 8.89.